The molecule has 6 atom stereocenters. The second kappa shape index (κ2) is 9.73. The van der Waals surface area contributed by atoms with Gasteiger partial charge in [0.25, 0.3) is 5.56 Å². The van der Waals surface area contributed by atoms with Gasteiger partial charge in [0.2, 0.25) is 0 Å². The molecular weight excluding hydrogens is 442 g/mol. The number of ether oxygens (including phenoxy) is 1. The van der Waals surface area contributed by atoms with Crippen LogP contribution >= 0.6 is 15.6 Å². The molecular formula is C12H20N2O13P2. The maximum absolute atomic E-state index is 11.8. The van der Waals surface area contributed by atoms with Crippen molar-refractivity contribution < 1.29 is 52.3 Å². The molecule has 2 rings (SSSR count). The maximum Gasteiger partial charge on any atom is 0.481 e. The van der Waals surface area contributed by atoms with E-state index in [9.17, 15) is 38.7 Å². The minimum absolute atomic E-state index is 0.0317. The number of aromatic amines is 1. The Kier molecular flexibility index (Phi) is 8.07. The van der Waals surface area contributed by atoms with Crippen molar-refractivity contribution in [2.45, 2.75) is 31.0 Å². The average Bonchev–Trinajstić information content (AvgIpc) is 2.87. The van der Waals surface area contributed by atoms with Gasteiger partial charge in [0, 0.05) is 18.9 Å². The van der Waals surface area contributed by atoms with Gasteiger partial charge in [0.15, 0.2) is 6.23 Å². The number of phosphoric acid groups is 2. The van der Waals surface area contributed by atoms with Gasteiger partial charge in [-0.2, -0.15) is 4.31 Å². The molecule has 1 saturated heterocycles. The molecule has 0 aromatic carbocycles. The van der Waals surface area contributed by atoms with Crippen molar-refractivity contribution in [3.63, 3.8) is 0 Å². The molecule has 166 valence electrons. The highest BCUT2D eigenvalue weighted by atomic mass is 31.3. The van der Waals surface area contributed by atoms with Crippen LogP contribution in [0.15, 0.2) is 21.9 Å². The van der Waals surface area contributed by atoms with Crippen LogP contribution < -0.4 is 11.2 Å². The van der Waals surface area contributed by atoms with Crippen molar-refractivity contribution in [3.05, 3.63) is 33.1 Å². The number of nitrogens with zero attached hydrogens (tertiary/aromatic N) is 1. The van der Waals surface area contributed by atoms with Gasteiger partial charge in [-0.3, -0.25) is 23.4 Å². The lowest BCUT2D eigenvalue weighted by molar-refractivity contribution is -0.0543. The molecule has 0 radical (unpaired) electrons. The van der Waals surface area contributed by atoms with Gasteiger partial charge in [-0.05, 0) is 6.42 Å². The summed E-state index contributed by atoms with van der Waals surface area (Å²) < 4.78 is 42.2. The summed E-state index contributed by atoms with van der Waals surface area (Å²) in [7, 11) is -10.1. The highest BCUT2D eigenvalue weighted by Gasteiger charge is 2.46. The Morgan fingerprint density at radius 2 is 1.79 bits per heavy atom. The molecule has 2 unspecified atom stereocenters. The topological polar surface area (TPSA) is 227 Å². The number of aliphatic hydroxyl groups is 3. The van der Waals surface area contributed by atoms with Crippen molar-refractivity contribution >= 4 is 15.6 Å². The zero-order valence-electron chi connectivity index (χ0n) is 14.6. The number of aromatic nitrogens is 2. The maximum atomic E-state index is 11.8. The first-order valence-corrected chi connectivity index (χ1v) is 11.0. The summed E-state index contributed by atoms with van der Waals surface area (Å²) in [5, 5.41) is 28.6. The van der Waals surface area contributed by atoms with E-state index in [0.717, 1.165) is 16.8 Å². The van der Waals surface area contributed by atoms with Crippen LogP contribution in [0.2, 0.25) is 0 Å². The first kappa shape index (κ1) is 24.1. The molecule has 17 heteroatoms. The molecule has 1 aliphatic rings. The molecule has 0 amide bonds. The van der Waals surface area contributed by atoms with E-state index < -0.39 is 64.6 Å². The van der Waals surface area contributed by atoms with Gasteiger partial charge in [-0.25, -0.2) is 13.9 Å². The van der Waals surface area contributed by atoms with Gasteiger partial charge in [0.05, 0.1) is 13.2 Å². The third-order valence-corrected chi connectivity index (χ3v) is 6.26. The van der Waals surface area contributed by atoms with Crippen LogP contribution in [0.3, 0.4) is 0 Å². The Balaban J connectivity index is 1.99. The van der Waals surface area contributed by atoms with E-state index in [-0.39, 0.29) is 13.0 Å². The lowest BCUT2D eigenvalue weighted by Crippen LogP contribution is -2.37. The quantitative estimate of drug-likeness (QED) is 0.160. The van der Waals surface area contributed by atoms with Crippen LogP contribution in [0, 0.1) is 0 Å². The predicted molar refractivity (Wildman–Crippen MR) is 91.6 cm³/mol. The van der Waals surface area contributed by atoms with Crippen molar-refractivity contribution in [1.82, 2.24) is 9.55 Å². The number of phosphoric ester groups is 2. The highest BCUT2D eigenvalue weighted by Crippen LogP contribution is 2.60. The van der Waals surface area contributed by atoms with E-state index >= 15 is 0 Å². The second-order valence-electron chi connectivity index (χ2n) is 5.79. The molecule has 0 aliphatic carbocycles. The first-order chi connectivity index (χ1) is 13.5. The van der Waals surface area contributed by atoms with E-state index in [0.29, 0.717) is 0 Å². The Bertz CT molecular complexity index is 900. The summed E-state index contributed by atoms with van der Waals surface area (Å²) in [6.07, 6.45) is -5.26. The normalized spacial score (nSPS) is 28.7. The first-order valence-electron chi connectivity index (χ1n) is 8.06. The number of rotatable bonds is 10. The molecule has 0 saturated carbocycles. The predicted octanol–water partition coefficient (Wildman–Crippen LogP) is -2.21. The van der Waals surface area contributed by atoms with E-state index in [2.05, 4.69) is 13.4 Å². The number of hydrogen-bond acceptors (Lipinski definition) is 11. The molecule has 15 nitrogen and oxygen atoms in total. The minimum atomic E-state index is -5.16. The van der Waals surface area contributed by atoms with Gasteiger partial charge in [-0.1, -0.05) is 0 Å². The van der Waals surface area contributed by atoms with Crippen LogP contribution in [-0.2, 0) is 27.2 Å². The molecule has 29 heavy (non-hydrogen) atoms. The van der Waals surface area contributed by atoms with Gasteiger partial charge >= 0.3 is 21.3 Å². The number of hydrogen-bond donors (Lipinski definition) is 6. The second-order valence-corrected chi connectivity index (χ2v) is 8.83. The van der Waals surface area contributed by atoms with Crippen molar-refractivity contribution in [3.8, 4) is 0 Å². The number of H-pyrrole nitrogens is 1. The Labute approximate surface area is 162 Å². The summed E-state index contributed by atoms with van der Waals surface area (Å²) in [5.74, 6) is 0. The fourth-order valence-electron chi connectivity index (χ4n) is 2.31. The van der Waals surface area contributed by atoms with E-state index in [1.54, 1.807) is 0 Å². The molecule has 1 aliphatic heterocycles. The monoisotopic (exact) mass is 462 g/mol. The van der Waals surface area contributed by atoms with E-state index in [1.165, 1.54) is 0 Å². The smallest absolute Gasteiger partial charge is 0.396 e. The molecule has 0 spiro atoms. The Hall–Kier alpha value is -1.22. The van der Waals surface area contributed by atoms with E-state index in [4.69, 9.17) is 9.84 Å². The summed E-state index contributed by atoms with van der Waals surface area (Å²) >= 11 is 0. The lowest BCUT2D eigenvalue weighted by atomic mass is 10.1. The molecule has 1 aromatic heterocycles. The van der Waals surface area contributed by atoms with Gasteiger partial charge in [-0.15, -0.1) is 0 Å². The number of nitrogens with one attached hydrogen (secondary N) is 1. The van der Waals surface area contributed by atoms with Crippen LogP contribution in [0.4, 0.5) is 0 Å². The molecule has 6 N–H and O–H groups in total. The summed E-state index contributed by atoms with van der Waals surface area (Å²) in [4.78, 5) is 43.7. The van der Waals surface area contributed by atoms with E-state index in [1.807, 2.05) is 4.98 Å². The molecule has 2 heterocycles. The third kappa shape index (κ3) is 6.64. The molecule has 1 aromatic rings. The Morgan fingerprint density at radius 3 is 2.41 bits per heavy atom. The minimum Gasteiger partial charge on any atom is -0.396 e. The van der Waals surface area contributed by atoms with Crippen LogP contribution in [-0.4, -0.2) is 72.8 Å². The van der Waals surface area contributed by atoms with Crippen LogP contribution in [0.5, 0.6) is 0 Å². The zero-order valence-corrected chi connectivity index (χ0v) is 16.4. The third-order valence-electron chi connectivity index (χ3n) is 3.63. The largest absolute Gasteiger partial charge is 0.481 e. The molecule has 0 bridgehead atoms. The summed E-state index contributed by atoms with van der Waals surface area (Å²) in [6, 6.07) is 0.971. The van der Waals surface area contributed by atoms with Crippen LogP contribution in [0.25, 0.3) is 0 Å². The number of aliphatic hydroxyl groups excluding tert-OH is 3. The lowest BCUT2D eigenvalue weighted by Gasteiger charge is -2.19. The fraction of sp³-hybridized carbons (Fsp3) is 0.667. The summed E-state index contributed by atoms with van der Waals surface area (Å²) in [5.41, 5.74) is -1.64. The highest BCUT2D eigenvalue weighted by molar-refractivity contribution is 7.61. The van der Waals surface area contributed by atoms with Crippen molar-refractivity contribution in [1.29, 1.82) is 0 Å². The fourth-order valence-corrected chi connectivity index (χ4v) is 4.43. The molecule has 1 fully saturated rings. The average molecular weight is 462 g/mol. The van der Waals surface area contributed by atoms with Gasteiger partial charge in [0.1, 0.15) is 18.3 Å². The SMILES string of the molecule is O=c1ccn([C@@H]2O[C@H](COP(=O)(O)OP(=O)(O)OCCCO)[C@@H](O)[C@H]2O)c(=O)[nH]1. The summed E-state index contributed by atoms with van der Waals surface area (Å²) in [6.45, 7) is -1.67. The van der Waals surface area contributed by atoms with Crippen LogP contribution in [0.1, 0.15) is 12.6 Å². The van der Waals surface area contributed by atoms with Crippen molar-refractivity contribution in [2.24, 2.45) is 0 Å². The van der Waals surface area contributed by atoms with Crippen molar-refractivity contribution in [2.75, 3.05) is 19.8 Å². The van der Waals surface area contributed by atoms with Gasteiger partial charge < -0.3 is 29.8 Å². The zero-order chi connectivity index (χ0) is 21.8. The standard InChI is InChI=1S/C12H20N2O13P2/c15-4-1-5-24-28(20,21)27-29(22,23)25-6-7-9(17)10(18)11(26-7)14-3-2-8(16)13-12(14)19/h2-3,7,9-11,15,17-18H,1,4-6H2,(H,20,21)(H,22,23)(H,13,16,19)/t7-,9-,10-,11-/m1/s1. The Morgan fingerprint density at radius 1 is 1.14 bits per heavy atom.